The summed E-state index contributed by atoms with van der Waals surface area (Å²) in [6.07, 6.45) is 0. The highest BCUT2D eigenvalue weighted by Gasteiger charge is 2.13. The Labute approximate surface area is 120 Å². The summed E-state index contributed by atoms with van der Waals surface area (Å²) in [6, 6.07) is 13.6. The molecule has 2 aromatic rings. The van der Waals surface area contributed by atoms with E-state index in [0.29, 0.717) is 17.2 Å². The predicted octanol–water partition coefficient (Wildman–Crippen LogP) is 4.37. The molecule has 0 aliphatic heterocycles. The van der Waals surface area contributed by atoms with Crippen LogP contribution in [0.4, 0.5) is 5.69 Å². The Morgan fingerprint density at radius 3 is 2.05 bits per heavy atom. The summed E-state index contributed by atoms with van der Waals surface area (Å²) >= 11 is 0. The van der Waals surface area contributed by atoms with Crippen molar-refractivity contribution in [2.45, 2.75) is 26.2 Å². The third-order valence-corrected chi connectivity index (χ3v) is 3.19. The van der Waals surface area contributed by atoms with E-state index in [-0.39, 0.29) is 5.41 Å². The molecule has 0 aliphatic carbocycles. The van der Waals surface area contributed by atoms with Crippen LogP contribution >= 0.6 is 0 Å². The number of hydrogen-bond acceptors (Lipinski definition) is 3. The van der Waals surface area contributed by atoms with Crippen LogP contribution in [0.15, 0.2) is 42.5 Å². The van der Waals surface area contributed by atoms with E-state index in [2.05, 4.69) is 32.9 Å². The Balaban J connectivity index is 2.23. The average molecular weight is 271 g/mol. The minimum absolute atomic E-state index is 0.132. The molecule has 0 unspecified atom stereocenters. The molecule has 0 fully saturated rings. The highest BCUT2D eigenvalue weighted by atomic mass is 16.5. The van der Waals surface area contributed by atoms with Crippen LogP contribution in [0.2, 0.25) is 0 Å². The molecule has 0 amide bonds. The molecular formula is C17H21NO2. The maximum Gasteiger partial charge on any atom is 0.154 e. The molecule has 0 aliphatic rings. The van der Waals surface area contributed by atoms with Crippen LogP contribution in [-0.2, 0) is 5.41 Å². The van der Waals surface area contributed by atoms with Gasteiger partial charge < -0.3 is 15.2 Å². The fourth-order valence-electron chi connectivity index (χ4n) is 1.94. The zero-order valence-corrected chi connectivity index (χ0v) is 12.4. The monoisotopic (exact) mass is 271 g/mol. The first-order valence-corrected chi connectivity index (χ1v) is 6.62. The number of rotatable bonds is 3. The molecule has 0 bridgehead atoms. The van der Waals surface area contributed by atoms with Crippen molar-refractivity contribution in [3.8, 4) is 17.2 Å². The SMILES string of the molecule is COc1cccc(Oc2ccc(C(C)(C)C)cc2)c1N. The topological polar surface area (TPSA) is 44.5 Å². The van der Waals surface area contributed by atoms with Gasteiger partial charge in [-0.05, 0) is 35.2 Å². The Kier molecular flexibility index (Phi) is 3.89. The normalized spacial score (nSPS) is 11.2. The van der Waals surface area contributed by atoms with E-state index in [1.54, 1.807) is 7.11 Å². The highest BCUT2D eigenvalue weighted by molar-refractivity contribution is 5.63. The Morgan fingerprint density at radius 1 is 0.900 bits per heavy atom. The molecule has 0 atom stereocenters. The molecule has 20 heavy (non-hydrogen) atoms. The standard InChI is InChI=1S/C17H21NO2/c1-17(2,3)12-8-10-13(11-9-12)20-15-7-5-6-14(19-4)16(15)18/h5-11H,18H2,1-4H3. The number of ether oxygens (including phenoxy) is 2. The summed E-state index contributed by atoms with van der Waals surface area (Å²) in [5.41, 5.74) is 7.90. The number of anilines is 1. The Bertz CT molecular complexity index is 583. The van der Waals surface area contributed by atoms with E-state index in [1.807, 2.05) is 30.3 Å². The Morgan fingerprint density at radius 2 is 1.50 bits per heavy atom. The van der Waals surface area contributed by atoms with E-state index in [1.165, 1.54) is 5.56 Å². The van der Waals surface area contributed by atoms with Crippen molar-refractivity contribution in [1.82, 2.24) is 0 Å². The minimum atomic E-state index is 0.132. The van der Waals surface area contributed by atoms with Gasteiger partial charge >= 0.3 is 0 Å². The van der Waals surface area contributed by atoms with Crippen LogP contribution in [0, 0.1) is 0 Å². The smallest absolute Gasteiger partial charge is 0.154 e. The van der Waals surface area contributed by atoms with Crippen molar-refractivity contribution in [2.24, 2.45) is 0 Å². The maximum atomic E-state index is 5.99. The van der Waals surface area contributed by atoms with Crippen LogP contribution in [-0.4, -0.2) is 7.11 Å². The molecule has 0 saturated carbocycles. The molecule has 0 aromatic heterocycles. The third kappa shape index (κ3) is 3.05. The van der Waals surface area contributed by atoms with Crippen LogP contribution in [0.5, 0.6) is 17.2 Å². The lowest BCUT2D eigenvalue weighted by atomic mass is 9.87. The number of benzene rings is 2. The molecule has 0 spiro atoms. The van der Waals surface area contributed by atoms with Gasteiger partial charge in [0.25, 0.3) is 0 Å². The van der Waals surface area contributed by atoms with Crippen molar-refractivity contribution in [2.75, 3.05) is 12.8 Å². The van der Waals surface area contributed by atoms with Gasteiger partial charge in [-0.15, -0.1) is 0 Å². The molecule has 3 nitrogen and oxygen atoms in total. The van der Waals surface area contributed by atoms with Gasteiger partial charge in [-0.3, -0.25) is 0 Å². The lowest BCUT2D eigenvalue weighted by Gasteiger charge is -2.19. The first-order valence-electron chi connectivity index (χ1n) is 6.62. The maximum absolute atomic E-state index is 5.99. The van der Waals surface area contributed by atoms with Crippen molar-refractivity contribution in [1.29, 1.82) is 0 Å². The van der Waals surface area contributed by atoms with Crippen LogP contribution in [0.3, 0.4) is 0 Å². The zero-order chi connectivity index (χ0) is 14.8. The van der Waals surface area contributed by atoms with Gasteiger partial charge in [0, 0.05) is 0 Å². The zero-order valence-electron chi connectivity index (χ0n) is 12.4. The number of para-hydroxylation sites is 1. The summed E-state index contributed by atoms with van der Waals surface area (Å²) in [4.78, 5) is 0. The van der Waals surface area contributed by atoms with Gasteiger partial charge in [0.1, 0.15) is 17.2 Å². The van der Waals surface area contributed by atoms with Gasteiger partial charge in [0.05, 0.1) is 7.11 Å². The largest absolute Gasteiger partial charge is 0.494 e. The van der Waals surface area contributed by atoms with Crippen molar-refractivity contribution < 1.29 is 9.47 Å². The molecule has 2 rings (SSSR count). The number of nitrogen functional groups attached to an aromatic ring is 1. The minimum Gasteiger partial charge on any atom is -0.494 e. The van der Waals surface area contributed by atoms with Gasteiger partial charge in [0.2, 0.25) is 0 Å². The highest BCUT2D eigenvalue weighted by Crippen LogP contribution is 2.34. The summed E-state index contributed by atoms with van der Waals surface area (Å²) in [5, 5.41) is 0. The van der Waals surface area contributed by atoms with Gasteiger partial charge in [-0.2, -0.15) is 0 Å². The Hall–Kier alpha value is -2.16. The van der Waals surface area contributed by atoms with E-state index in [4.69, 9.17) is 15.2 Å². The second-order valence-electron chi connectivity index (χ2n) is 5.75. The lowest BCUT2D eigenvalue weighted by molar-refractivity contribution is 0.412. The van der Waals surface area contributed by atoms with Crippen LogP contribution in [0.1, 0.15) is 26.3 Å². The molecule has 2 aromatic carbocycles. The van der Waals surface area contributed by atoms with E-state index < -0.39 is 0 Å². The summed E-state index contributed by atoms with van der Waals surface area (Å²) < 4.78 is 11.0. The van der Waals surface area contributed by atoms with E-state index in [9.17, 15) is 0 Å². The fourth-order valence-corrected chi connectivity index (χ4v) is 1.94. The summed E-state index contributed by atoms with van der Waals surface area (Å²) in [7, 11) is 1.59. The molecule has 0 heterocycles. The average Bonchev–Trinajstić information content (AvgIpc) is 2.41. The van der Waals surface area contributed by atoms with Gasteiger partial charge in [-0.1, -0.05) is 39.0 Å². The number of nitrogens with two attached hydrogens (primary N) is 1. The van der Waals surface area contributed by atoms with Gasteiger partial charge in [-0.25, -0.2) is 0 Å². The van der Waals surface area contributed by atoms with E-state index >= 15 is 0 Å². The number of methoxy groups -OCH3 is 1. The quantitative estimate of drug-likeness (QED) is 0.843. The van der Waals surface area contributed by atoms with Crippen molar-refractivity contribution in [3.63, 3.8) is 0 Å². The molecule has 2 N–H and O–H groups in total. The lowest BCUT2D eigenvalue weighted by Crippen LogP contribution is -2.10. The molecular weight excluding hydrogens is 250 g/mol. The first kappa shape index (κ1) is 14.3. The molecule has 3 heteroatoms. The third-order valence-electron chi connectivity index (χ3n) is 3.19. The summed E-state index contributed by atoms with van der Waals surface area (Å²) in [6.45, 7) is 6.55. The second-order valence-corrected chi connectivity index (χ2v) is 5.75. The van der Waals surface area contributed by atoms with Gasteiger partial charge in [0.15, 0.2) is 5.75 Å². The van der Waals surface area contributed by atoms with Crippen molar-refractivity contribution >= 4 is 5.69 Å². The predicted molar refractivity (Wildman–Crippen MR) is 82.6 cm³/mol. The molecule has 0 radical (unpaired) electrons. The second kappa shape index (κ2) is 5.45. The van der Waals surface area contributed by atoms with Crippen molar-refractivity contribution in [3.05, 3.63) is 48.0 Å². The molecule has 106 valence electrons. The van der Waals surface area contributed by atoms with Crippen LogP contribution in [0.25, 0.3) is 0 Å². The van der Waals surface area contributed by atoms with E-state index in [0.717, 1.165) is 5.75 Å². The fraction of sp³-hybridized carbons (Fsp3) is 0.294. The van der Waals surface area contributed by atoms with Crippen LogP contribution < -0.4 is 15.2 Å². The first-order chi connectivity index (χ1) is 9.41. The number of hydrogen-bond donors (Lipinski definition) is 1. The summed E-state index contributed by atoms with van der Waals surface area (Å²) in [5.74, 6) is 1.99. The molecule has 0 saturated heterocycles.